The summed E-state index contributed by atoms with van der Waals surface area (Å²) in [5.74, 6) is 0. The normalized spacial score (nSPS) is 12.2. The maximum atomic E-state index is 12.7. The molecular weight excluding hydrogens is 416 g/mol. The van der Waals surface area contributed by atoms with E-state index in [1.165, 1.54) is 0 Å². The Morgan fingerprint density at radius 2 is 1.85 bits per heavy atom. The molecule has 0 fully saturated rings. The highest BCUT2D eigenvalue weighted by atomic mass is 16.6. The van der Waals surface area contributed by atoms with Gasteiger partial charge in [0.05, 0.1) is 6.04 Å². The van der Waals surface area contributed by atoms with Crippen molar-refractivity contribution in [1.82, 2.24) is 15.5 Å². The number of carbonyl (C=O) groups is 1. The van der Waals surface area contributed by atoms with Crippen LogP contribution in [0, 0.1) is 11.3 Å². The van der Waals surface area contributed by atoms with E-state index in [1.807, 2.05) is 75.4 Å². The molecule has 2 heterocycles. The topological polar surface area (TPSA) is 101 Å². The molecule has 7 heteroatoms. The number of benzene rings is 2. The van der Waals surface area contributed by atoms with Crippen molar-refractivity contribution in [2.24, 2.45) is 0 Å². The second kappa shape index (κ2) is 9.13. The molecule has 0 saturated carbocycles. The highest BCUT2D eigenvalue weighted by Crippen LogP contribution is 2.34. The molecule has 0 bridgehead atoms. The zero-order valence-corrected chi connectivity index (χ0v) is 18.7. The first-order valence-electron chi connectivity index (χ1n) is 10.6. The third-order valence-electron chi connectivity index (χ3n) is 4.99. The highest BCUT2D eigenvalue weighted by molar-refractivity contribution is 5.92. The van der Waals surface area contributed by atoms with E-state index in [4.69, 9.17) is 9.26 Å². The summed E-state index contributed by atoms with van der Waals surface area (Å²) in [7, 11) is 0. The molecule has 7 nitrogen and oxygen atoms in total. The van der Waals surface area contributed by atoms with E-state index in [9.17, 15) is 10.1 Å². The van der Waals surface area contributed by atoms with Crippen molar-refractivity contribution in [3.63, 3.8) is 0 Å². The van der Waals surface area contributed by atoms with Crippen LogP contribution in [0.1, 0.15) is 43.8 Å². The molecule has 1 atom stereocenters. The van der Waals surface area contributed by atoms with Crippen LogP contribution in [0.2, 0.25) is 0 Å². The van der Waals surface area contributed by atoms with E-state index >= 15 is 0 Å². The Balaban J connectivity index is 1.77. The minimum atomic E-state index is -0.643. The molecule has 0 aliphatic rings. The average Bonchev–Trinajstić information content (AvgIpc) is 3.21. The van der Waals surface area contributed by atoms with Crippen LogP contribution < -0.4 is 5.32 Å². The first-order chi connectivity index (χ1) is 15.8. The van der Waals surface area contributed by atoms with E-state index < -0.39 is 17.7 Å². The van der Waals surface area contributed by atoms with Crippen LogP contribution in [0.3, 0.4) is 0 Å². The molecule has 2 aromatic carbocycles. The van der Waals surface area contributed by atoms with Crippen LogP contribution in [0.4, 0.5) is 4.79 Å². The number of carbonyl (C=O) groups excluding carboxylic acids is 1. The number of amides is 1. The summed E-state index contributed by atoms with van der Waals surface area (Å²) in [4.78, 5) is 17.1. The quantitative estimate of drug-likeness (QED) is 0.435. The fourth-order valence-corrected chi connectivity index (χ4v) is 3.65. The van der Waals surface area contributed by atoms with Crippen molar-refractivity contribution in [1.29, 1.82) is 5.26 Å². The van der Waals surface area contributed by atoms with E-state index in [2.05, 4.69) is 21.5 Å². The predicted octanol–water partition coefficient (Wildman–Crippen LogP) is 5.57. The van der Waals surface area contributed by atoms with Gasteiger partial charge in [-0.15, -0.1) is 0 Å². The molecule has 33 heavy (non-hydrogen) atoms. The summed E-state index contributed by atoms with van der Waals surface area (Å²) in [6.45, 7) is 5.44. The first-order valence-corrected chi connectivity index (χ1v) is 10.6. The van der Waals surface area contributed by atoms with Gasteiger partial charge in [-0.2, -0.15) is 5.26 Å². The highest BCUT2D eigenvalue weighted by Gasteiger charge is 2.25. The van der Waals surface area contributed by atoms with Crippen molar-refractivity contribution < 1.29 is 14.1 Å². The van der Waals surface area contributed by atoms with Gasteiger partial charge in [0, 0.05) is 23.1 Å². The molecule has 0 saturated heterocycles. The van der Waals surface area contributed by atoms with Gasteiger partial charge in [-0.25, -0.2) is 9.78 Å². The molecule has 4 aromatic rings. The first kappa shape index (κ1) is 22.0. The maximum absolute atomic E-state index is 12.7. The van der Waals surface area contributed by atoms with Gasteiger partial charge in [0.1, 0.15) is 23.1 Å². The van der Waals surface area contributed by atoms with Crippen LogP contribution in [0.25, 0.3) is 22.2 Å². The van der Waals surface area contributed by atoms with Gasteiger partial charge in [0.15, 0.2) is 5.58 Å². The zero-order valence-electron chi connectivity index (χ0n) is 18.7. The Bertz CT molecular complexity index is 1330. The van der Waals surface area contributed by atoms with Crippen LogP contribution in [0.15, 0.2) is 71.3 Å². The number of nitrogens with one attached hydrogen (secondary N) is 1. The average molecular weight is 441 g/mol. The summed E-state index contributed by atoms with van der Waals surface area (Å²) in [6, 6.07) is 22.2. The lowest BCUT2D eigenvalue weighted by molar-refractivity contribution is 0.0503. The summed E-state index contributed by atoms with van der Waals surface area (Å²) in [5.41, 5.74) is 3.40. The van der Waals surface area contributed by atoms with Gasteiger partial charge in [-0.1, -0.05) is 47.6 Å². The lowest BCUT2D eigenvalue weighted by Gasteiger charge is -2.25. The van der Waals surface area contributed by atoms with Crippen molar-refractivity contribution in [3.8, 4) is 17.3 Å². The van der Waals surface area contributed by atoms with Crippen molar-refractivity contribution >= 4 is 17.1 Å². The van der Waals surface area contributed by atoms with Gasteiger partial charge in [0.2, 0.25) is 0 Å². The Kier molecular flexibility index (Phi) is 6.09. The lowest BCUT2D eigenvalue weighted by atomic mass is 9.93. The molecule has 1 N–H and O–H groups in total. The number of pyridine rings is 1. The molecule has 0 radical (unpaired) electrons. The number of aromatic nitrogens is 2. The summed E-state index contributed by atoms with van der Waals surface area (Å²) in [5, 5.41) is 17.4. The fourth-order valence-electron chi connectivity index (χ4n) is 3.65. The minimum absolute atomic E-state index is 0.319. The van der Waals surface area contributed by atoms with Gasteiger partial charge in [0.25, 0.3) is 0 Å². The van der Waals surface area contributed by atoms with Crippen LogP contribution in [0.5, 0.6) is 0 Å². The number of para-hydroxylation sites is 1. The molecular formula is C26H24N4O3. The van der Waals surface area contributed by atoms with Gasteiger partial charge in [-0.3, -0.25) is 0 Å². The number of nitriles is 1. The minimum Gasteiger partial charge on any atom is -0.444 e. The standard InChI is InChI=1S/C26H24N4O3/c1-26(2,3)32-25(31)29-22(15-17-9-8-10-18(16-27)28-17)19-11-4-5-12-20(19)24-21-13-6-7-14-23(21)33-30-24/h4-14,22H,15H2,1-3H3,(H,29,31). The van der Waals surface area contributed by atoms with Crippen LogP contribution in [-0.2, 0) is 11.2 Å². The fraction of sp³-hybridized carbons (Fsp3) is 0.231. The smallest absolute Gasteiger partial charge is 0.408 e. The Morgan fingerprint density at radius 1 is 1.09 bits per heavy atom. The zero-order chi connectivity index (χ0) is 23.4. The van der Waals surface area contributed by atoms with E-state index in [-0.39, 0.29) is 0 Å². The SMILES string of the molecule is CC(C)(C)OC(=O)NC(Cc1cccc(C#N)n1)c1ccccc1-c1noc2ccccc12. The second-order valence-electron chi connectivity index (χ2n) is 8.64. The Labute approximate surface area is 192 Å². The molecule has 4 rings (SSSR count). The third-order valence-corrected chi connectivity index (χ3v) is 4.99. The Hall–Kier alpha value is -4.18. The van der Waals surface area contributed by atoms with Crippen molar-refractivity contribution in [3.05, 3.63) is 83.7 Å². The number of rotatable bonds is 5. The van der Waals surface area contributed by atoms with Crippen LogP contribution >= 0.6 is 0 Å². The molecule has 0 aliphatic carbocycles. The summed E-state index contributed by atoms with van der Waals surface area (Å²) < 4.78 is 11.0. The van der Waals surface area contributed by atoms with E-state index in [0.717, 1.165) is 16.5 Å². The number of nitrogens with zero attached hydrogens (tertiary/aromatic N) is 3. The number of fused-ring (bicyclic) bond motifs is 1. The Morgan fingerprint density at radius 3 is 2.64 bits per heavy atom. The number of hydrogen-bond acceptors (Lipinski definition) is 6. The maximum Gasteiger partial charge on any atom is 0.408 e. The predicted molar refractivity (Wildman–Crippen MR) is 124 cm³/mol. The molecule has 0 aliphatic heterocycles. The number of alkyl carbamates (subject to hydrolysis) is 1. The molecule has 166 valence electrons. The van der Waals surface area contributed by atoms with E-state index in [0.29, 0.717) is 29.1 Å². The summed E-state index contributed by atoms with van der Waals surface area (Å²) >= 11 is 0. The molecule has 0 spiro atoms. The lowest BCUT2D eigenvalue weighted by Crippen LogP contribution is -2.36. The number of hydrogen-bond donors (Lipinski definition) is 1. The van der Waals surface area contributed by atoms with Crippen LogP contribution in [-0.4, -0.2) is 21.8 Å². The van der Waals surface area contributed by atoms with Crippen molar-refractivity contribution in [2.45, 2.75) is 38.8 Å². The van der Waals surface area contributed by atoms with Crippen molar-refractivity contribution in [2.75, 3.05) is 0 Å². The molecule has 2 aromatic heterocycles. The largest absolute Gasteiger partial charge is 0.444 e. The summed E-state index contributed by atoms with van der Waals surface area (Å²) in [6.07, 6.45) is -0.176. The van der Waals surface area contributed by atoms with Gasteiger partial charge < -0.3 is 14.6 Å². The second-order valence-corrected chi connectivity index (χ2v) is 8.64. The van der Waals surface area contributed by atoms with E-state index in [1.54, 1.807) is 12.1 Å². The van der Waals surface area contributed by atoms with Gasteiger partial charge in [-0.05, 0) is 50.6 Å². The molecule has 1 unspecified atom stereocenters. The third kappa shape index (κ3) is 5.18. The monoisotopic (exact) mass is 440 g/mol. The number of ether oxygens (including phenoxy) is 1. The molecule has 1 amide bonds. The van der Waals surface area contributed by atoms with Gasteiger partial charge >= 0.3 is 6.09 Å².